The van der Waals surface area contributed by atoms with Gasteiger partial charge in [-0.2, -0.15) is 0 Å². The lowest BCUT2D eigenvalue weighted by Gasteiger charge is -2.18. The van der Waals surface area contributed by atoms with Gasteiger partial charge in [0.25, 0.3) is 0 Å². The highest BCUT2D eigenvalue weighted by Gasteiger charge is 2.09. The van der Waals surface area contributed by atoms with E-state index in [0.29, 0.717) is 0 Å². The highest BCUT2D eigenvalue weighted by molar-refractivity contribution is 4.91. The summed E-state index contributed by atoms with van der Waals surface area (Å²) in [7, 11) is 0. The van der Waals surface area contributed by atoms with Crippen molar-refractivity contribution in [2.24, 2.45) is 5.92 Å². The van der Waals surface area contributed by atoms with Crippen LogP contribution in [-0.2, 0) is 0 Å². The van der Waals surface area contributed by atoms with Crippen molar-refractivity contribution in [2.75, 3.05) is 0 Å². The van der Waals surface area contributed by atoms with Crippen molar-refractivity contribution < 1.29 is 5.11 Å². The van der Waals surface area contributed by atoms with Crippen LogP contribution >= 0.6 is 0 Å². The van der Waals surface area contributed by atoms with Crippen molar-refractivity contribution in [3.8, 4) is 0 Å². The van der Waals surface area contributed by atoms with Crippen molar-refractivity contribution in [1.29, 1.82) is 0 Å². The minimum absolute atomic E-state index is 0.105. The molecule has 1 N–H and O–H groups in total. The molecule has 0 aromatic rings. The second-order valence-corrected chi connectivity index (χ2v) is 5.57. The van der Waals surface area contributed by atoms with Crippen molar-refractivity contribution in [3.05, 3.63) is 12.2 Å². The molecule has 1 atom stereocenters. The van der Waals surface area contributed by atoms with E-state index in [0.717, 1.165) is 18.8 Å². The van der Waals surface area contributed by atoms with Gasteiger partial charge in [-0.3, -0.25) is 0 Å². The summed E-state index contributed by atoms with van der Waals surface area (Å²) in [6.45, 7) is 2.23. The number of allylic oxidation sites excluding steroid dienone is 1. The second kappa shape index (κ2) is 9.70. The van der Waals surface area contributed by atoms with Gasteiger partial charge in [0.15, 0.2) is 0 Å². The minimum atomic E-state index is -0.105. The highest BCUT2D eigenvalue weighted by Crippen LogP contribution is 2.24. The molecular formula is C16H30O. The normalized spacial score (nSPS) is 19.9. The molecule has 0 aliphatic heterocycles. The Morgan fingerprint density at radius 2 is 1.88 bits per heavy atom. The van der Waals surface area contributed by atoms with E-state index in [9.17, 15) is 5.11 Å². The van der Waals surface area contributed by atoms with Gasteiger partial charge in [0, 0.05) is 0 Å². The number of aliphatic hydroxyl groups excluding tert-OH is 1. The van der Waals surface area contributed by atoms with E-state index in [1.807, 2.05) is 0 Å². The average molecular weight is 238 g/mol. The maximum Gasteiger partial charge on any atom is 0.0574 e. The number of rotatable bonds is 8. The third-order valence-corrected chi connectivity index (χ3v) is 3.86. The van der Waals surface area contributed by atoms with Crippen molar-refractivity contribution in [1.82, 2.24) is 0 Å². The van der Waals surface area contributed by atoms with Crippen LogP contribution in [0.5, 0.6) is 0 Å². The molecule has 1 nitrogen and oxygen atoms in total. The van der Waals surface area contributed by atoms with Crippen LogP contribution in [0.2, 0.25) is 0 Å². The van der Waals surface area contributed by atoms with E-state index in [4.69, 9.17) is 0 Å². The predicted octanol–water partition coefficient (Wildman–Crippen LogP) is 4.84. The van der Waals surface area contributed by atoms with Gasteiger partial charge in [-0.25, -0.2) is 0 Å². The Kier molecular flexibility index (Phi) is 8.42. The van der Waals surface area contributed by atoms with Crippen LogP contribution in [0.15, 0.2) is 12.2 Å². The lowest BCUT2D eigenvalue weighted by Crippen LogP contribution is -2.06. The molecule has 0 saturated heterocycles. The first kappa shape index (κ1) is 14.8. The van der Waals surface area contributed by atoms with Crippen LogP contribution < -0.4 is 0 Å². The van der Waals surface area contributed by atoms with E-state index in [2.05, 4.69) is 19.1 Å². The molecule has 0 aromatic carbocycles. The van der Waals surface area contributed by atoms with E-state index >= 15 is 0 Å². The Bertz CT molecular complexity index is 192. The zero-order valence-electron chi connectivity index (χ0n) is 11.5. The molecule has 1 rings (SSSR count). The van der Waals surface area contributed by atoms with Crippen molar-refractivity contribution >= 4 is 0 Å². The average Bonchev–Trinajstić information content (AvgIpc) is 2.36. The molecule has 1 aliphatic carbocycles. The molecule has 1 fully saturated rings. The third kappa shape index (κ3) is 7.59. The molecule has 1 saturated carbocycles. The Balaban J connectivity index is 2.01. The first-order chi connectivity index (χ1) is 8.33. The molecule has 0 spiro atoms. The number of hydrogen-bond acceptors (Lipinski definition) is 1. The fourth-order valence-electron chi connectivity index (χ4n) is 2.68. The van der Waals surface area contributed by atoms with Crippen LogP contribution in [0.4, 0.5) is 0 Å². The van der Waals surface area contributed by atoms with Gasteiger partial charge < -0.3 is 5.11 Å². The van der Waals surface area contributed by atoms with Crippen LogP contribution in [-0.4, -0.2) is 11.2 Å². The summed E-state index contributed by atoms with van der Waals surface area (Å²) in [5.41, 5.74) is 0. The SMILES string of the molecule is CCCCCCC(O)C/C=C/C1CCCCC1. The summed E-state index contributed by atoms with van der Waals surface area (Å²) in [5, 5.41) is 9.83. The lowest BCUT2D eigenvalue weighted by atomic mass is 9.89. The Hall–Kier alpha value is -0.300. The summed E-state index contributed by atoms with van der Waals surface area (Å²) in [5.74, 6) is 0.802. The predicted molar refractivity (Wildman–Crippen MR) is 75.1 cm³/mol. The Morgan fingerprint density at radius 1 is 1.12 bits per heavy atom. The molecule has 1 unspecified atom stereocenters. The summed E-state index contributed by atoms with van der Waals surface area (Å²) in [4.78, 5) is 0. The van der Waals surface area contributed by atoms with Gasteiger partial charge in [-0.15, -0.1) is 0 Å². The third-order valence-electron chi connectivity index (χ3n) is 3.86. The number of hydrogen-bond donors (Lipinski definition) is 1. The van der Waals surface area contributed by atoms with Gasteiger partial charge in [-0.1, -0.05) is 64.0 Å². The van der Waals surface area contributed by atoms with Crippen LogP contribution in [0.1, 0.15) is 77.6 Å². The van der Waals surface area contributed by atoms with Crippen LogP contribution in [0.3, 0.4) is 0 Å². The smallest absolute Gasteiger partial charge is 0.0574 e. The van der Waals surface area contributed by atoms with E-state index in [1.54, 1.807) is 0 Å². The van der Waals surface area contributed by atoms with Gasteiger partial charge in [0.05, 0.1) is 6.10 Å². The van der Waals surface area contributed by atoms with E-state index in [1.165, 1.54) is 57.8 Å². The molecule has 17 heavy (non-hydrogen) atoms. The lowest BCUT2D eigenvalue weighted by molar-refractivity contribution is 0.163. The molecule has 1 heteroatoms. The fraction of sp³-hybridized carbons (Fsp3) is 0.875. The molecule has 0 radical (unpaired) electrons. The molecule has 100 valence electrons. The summed E-state index contributed by atoms with van der Waals surface area (Å²) in [6.07, 6.45) is 18.3. The van der Waals surface area contributed by atoms with Gasteiger partial charge in [0.1, 0.15) is 0 Å². The summed E-state index contributed by atoms with van der Waals surface area (Å²) in [6, 6.07) is 0. The molecule has 1 aliphatic rings. The summed E-state index contributed by atoms with van der Waals surface area (Å²) < 4.78 is 0. The van der Waals surface area contributed by atoms with Gasteiger partial charge >= 0.3 is 0 Å². The zero-order valence-corrected chi connectivity index (χ0v) is 11.5. The maximum atomic E-state index is 9.83. The van der Waals surface area contributed by atoms with Crippen molar-refractivity contribution in [2.45, 2.75) is 83.7 Å². The monoisotopic (exact) mass is 238 g/mol. The van der Waals surface area contributed by atoms with Gasteiger partial charge in [-0.05, 0) is 31.6 Å². The van der Waals surface area contributed by atoms with Crippen LogP contribution in [0.25, 0.3) is 0 Å². The number of unbranched alkanes of at least 4 members (excludes halogenated alkanes) is 3. The number of aliphatic hydroxyl groups is 1. The first-order valence-corrected chi connectivity index (χ1v) is 7.67. The fourth-order valence-corrected chi connectivity index (χ4v) is 2.68. The van der Waals surface area contributed by atoms with E-state index < -0.39 is 0 Å². The molecular weight excluding hydrogens is 208 g/mol. The van der Waals surface area contributed by atoms with Crippen molar-refractivity contribution in [3.63, 3.8) is 0 Å². The molecule has 0 heterocycles. The minimum Gasteiger partial charge on any atom is -0.393 e. The zero-order chi connectivity index (χ0) is 12.3. The standard InChI is InChI=1S/C16H30O/c1-2-3-4-8-13-16(17)14-9-12-15-10-6-5-7-11-15/h9,12,15-17H,2-8,10-11,13-14H2,1H3/b12-9+. The largest absolute Gasteiger partial charge is 0.393 e. The van der Waals surface area contributed by atoms with Crippen LogP contribution in [0, 0.1) is 5.92 Å². The topological polar surface area (TPSA) is 20.2 Å². The van der Waals surface area contributed by atoms with Gasteiger partial charge in [0.2, 0.25) is 0 Å². The molecule has 0 amide bonds. The quantitative estimate of drug-likeness (QED) is 0.473. The second-order valence-electron chi connectivity index (χ2n) is 5.57. The molecule has 0 bridgehead atoms. The summed E-state index contributed by atoms with van der Waals surface area (Å²) >= 11 is 0. The molecule has 0 aromatic heterocycles. The Morgan fingerprint density at radius 3 is 2.59 bits per heavy atom. The Labute approximate surface area is 107 Å². The first-order valence-electron chi connectivity index (χ1n) is 7.67. The maximum absolute atomic E-state index is 9.83. The van der Waals surface area contributed by atoms with E-state index in [-0.39, 0.29) is 6.10 Å². The highest BCUT2D eigenvalue weighted by atomic mass is 16.3.